The molecule has 1 atom stereocenters. The average molecular weight is 381 g/mol. The summed E-state index contributed by atoms with van der Waals surface area (Å²) >= 11 is 0. The number of fused-ring (bicyclic) bond motifs is 1. The van der Waals surface area contributed by atoms with Crippen molar-refractivity contribution in [1.29, 1.82) is 0 Å². The summed E-state index contributed by atoms with van der Waals surface area (Å²) in [7, 11) is 0. The van der Waals surface area contributed by atoms with Gasteiger partial charge in [-0.25, -0.2) is 0 Å². The molecule has 1 heterocycles. The maximum Gasteiger partial charge on any atom is 0 e. The summed E-state index contributed by atoms with van der Waals surface area (Å²) in [6, 6.07) is 8.08. The standard InChI is InChI=1S/C9H8O.AsH3.Cd.Ni/c1-2-6-9-8(4-1)5-3-7-10-9;;;/h1-4,6-7H,5H2;1H3;;. The van der Waals surface area contributed by atoms with E-state index in [4.69, 9.17) is 4.74 Å². The first-order valence-corrected chi connectivity index (χ1v) is 3.36. The number of rotatable bonds is 0. The van der Waals surface area contributed by atoms with Gasteiger partial charge in [0.15, 0.2) is 0 Å². The van der Waals surface area contributed by atoms with Crippen LogP contribution in [0.3, 0.4) is 0 Å². The molecule has 0 spiro atoms. The summed E-state index contributed by atoms with van der Waals surface area (Å²) in [5.74, 6) is 0.991. The van der Waals surface area contributed by atoms with E-state index in [1.807, 2.05) is 24.3 Å². The molecule has 0 N–H and O–H groups in total. The Hall–Kier alpha value is 0.734. The summed E-state index contributed by atoms with van der Waals surface area (Å²) < 4.78 is 5.24. The fourth-order valence-electron chi connectivity index (χ4n) is 1.08. The Morgan fingerprint density at radius 2 is 1.85 bits per heavy atom. The van der Waals surface area contributed by atoms with Crippen molar-refractivity contribution < 1.29 is 48.5 Å². The van der Waals surface area contributed by atoms with Crippen LogP contribution in [-0.4, -0.2) is 18.0 Å². The Morgan fingerprint density at radius 1 is 1.15 bits per heavy atom. The SMILES string of the molecule is C1=COc2ccccc2C1.[AsH3].[Cd].[Ni]. The van der Waals surface area contributed by atoms with Gasteiger partial charge in [0.25, 0.3) is 0 Å². The van der Waals surface area contributed by atoms with Gasteiger partial charge in [-0.15, -0.1) is 0 Å². The van der Waals surface area contributed by atoms with Crippen LogP contribution in [0.4, 0.5) is 0 Å². The van der Waals surface area contributed by atoms with Gasteiger partial charge in [-0.3, -0.25) is 0 Å². The normalized spacial score (nSPS) is 10.8. The number of ether oxygens (including phenoxy) is 1. The first-order valence-electron chi connectivity index (χ1n) is 3.36. The molecule has 1 unspecified atom stereocenters. The molecular formula is C9H11AsCdNiO. The van der Waals surface area contributed by atoms with Crippen molar-refractivity contribution in [2.24, 2.45) is 0 Å². The Kier molecular flexibility index (Phi) is 10.0. The molecule has 0 radical (unpaired) electrons. The topological polar surface area (TPSA) is 9.23 Å². The molecule has 0 bridgehead atoms. The van der Waals surface area contributed by atoms with Crippen LogP contribution in [0.1, 0.15) is 5.56 Å². The van der Waals surface area contributed by atoms with E-state index in [9.17, 15) is 0 Å². The predicted molar refractivity (Wildman–Crippen MR) is 49.9 cm³/mol. The molecule has 13 heavy (non-hydrogen) atoms. The van der Waals surface area contributed by atoms with E-state index in [2.05, 4.69) is 6.07 Å². The minimum Gasteiger partial charge on any atom is 0 e. The van der Waals surface area contributed by atoms with Gasteiger partial charge in [-0.1, -0.05) is 18.2 Å². The van der Waals surface area contributed by atoms with Gasteiger partial charge in [0.1, 0.15) is 5.75 Å². The Labute approximate surface area is 120 Å². The number of hydrogen-bond acceptors (Lipinski definition) is 1. The predicted octanol–water partition coefficient (Wildman–Crippen LogP) is 0.946. The average Bonchev–Trinajstić information content (AvgIpc) is 2.05. The fourth-order valence-corrected chi connectivity index (χ4v) is 1.08. The Bertz CT molecular complexity index is 251. The van der Waals surface area contributed by atoms with Crippen molar-refractivity contribution in [2.45, 2.75) is 6.42 Å². The third-order valence-electron chi connectivity index (χ3n) is 1.60. The van der Waals surface area contributed by atoms with E-state index in [-0.39, 0.29) is 61.7 Å². The Balaban J connectivity index is 0. The summed E-state index contributed by atoms with van der Waals surface area (Å²) in [4.78, 5) is 0. The van der Waals surface area contributed by atoms with E-state index >= 15 is 0 Å². The molecule has 0 aromatic heterocycles. The maximum absolute atomic E-state index is 5.24. The van der Waals surface area contributed by atoms with Crippen molar-refractivity contribution in [3.8, 4) is 5.75 Å². The van der Waals surface area contributed by atoms with Gasteiger partial charge in [0, 0.05) is 43.8 Å². The third kappa shape index (κ3) is 4.18. The molecule has 70 valence electrons. The number of benzene rings is 1. The molecule has 0 saturated heterocycles. The zero-order valence-corrected chi connectivity index (χ0v) is 15.3. The van der Waals surface area contributed by atoms with Crippen LogP contribution >= 0.6 is 0 Å². The molecule has 1 aromatic rings. The molecule has 1 aliphatic heterocycles. The molecule has 1 nitrogen and oxygen atoms in total. The number of para-hydroxylation sites is 1. The van der Waals surface area contributed by atoms with E-state index in [1.165, 1.54) is 5.56 Å². The van der Waals surface area contributed by atoms with Gasteiger partial charge >= 0.3 is 18.0 Å². The van der Waals surface area contributed by atoms with Gasteiger partial charge < -0.3 is 4.74 Å². The van der Waals surface area contributed by atoms with Crippen LogP contribution in [0.25, 0.3) is 0 Å². The van der Waals surface area contributed by atoms with Crippen molar-refractivity contribution >= 4 is 18.0 Å². The summed E-state index contributed by atoms with van der Waals surface area (Å²) in [5.41, 5.74) is 1.27. The summed E-state index contributed by atoms with van der Waals surface area (Å²) in [6.07, 6.45) is 4.75. The fraction of sp³-hybridized carbons (Fsp3) is 0.111. The largest absolute Gasteiger partial charge is 0 e. The second-order valence-corrected chi connectivity index (χ2v) is 2.30. The molecule has 0 fully saturated rings. The molecular weight excluding hydrogens is 370 g/mol. The zero-order chi connectivity index (χ0) is 6.81. The minimum absolute atomic E-state index is 0. The number of hydrogen-bond donors (Lipinski definition) is 0. The monoisotopic (exact) mass is 382 g/mol. The van der Waals surface area contributed by atoms with E-state index in [0.29, 0.717) is 0 Å². The van der Waals surface area contributed by atoms with E-state index in [0.717, 1.165) is 12.2 Å². The van der Waals surface area contributed by atoms with Crippen molar-refractivity contribution in [2.75, 3.05) is 0 Å². The quantitative estimate of drug-likeness (QED) is 0.609. The van der Waals surface area contributed by atoms with Crippen LogP contribution in [0, 0.1) is 0 Å². The van der Waals surface area contributed by atoms with Gasteiger partial charge in [-0.05, 0) is 24.1 Å². The second kappa shape index (κ2) is 8.08. The summed E-state index contributed by atoms with van der Waals surface area (Å²) in [5, 5.41) is 0. The molecule has 0 saturated carbocycles. The minimum atomic E-state index is 0. The molecule has 4 heteroatoms. The van der Waals surface area contributed by atoms with Crippen LogP contribution in [0.5, 0.6) is 5.75 Å². The van der Waals surface area contributed by atoms with Crippen molar-refractivity contribution in [3.63, 3.8) is 0 Å². The van der Waals surface area contributed by atoms with Crippen LogP contribution in [0.2, 0.25) is 0 Å². The van der Waals surface area contributed by atoms with E-state index < -0.39 is 0 Å². The first-order chi connectivity index (χ1) is 4.97. The second-order valence-electron chi connectivity index (χ2n) is 2.30. The van der Waals surface area contributed by atoms with Crippen LogP contribution in [0.15, 0.2) is 36.6 Å². The maximum atomic E-state index is 5.24. The first kappa shape index (κ1) is 16.2. The molecule has 2 rings (SSSR count). The van der Waals surface area contributed by atoms with E-state index in [1.54, 1.807) is 6.26 Å². The van der Waals surface area contributed by atoms with Gasteiger partial charge in [0.05, 0.1) is 6.26 Å². The molecule has 1 aliphatic rings. The smallest absolute Gasteiger partial charge is 0 e. The molecule has 1 aromatic carbocycles. The van der Waals surface area contributed by atoms with Crippen molar-refractivity contribution in [3.05, 3.63) is 42.2 Å². The molecule has 0 amide bonds. The van der Waals surface area contributed by atoms with Gasteiger partial charge in [0.2, 0.25) is 0 Å². The Morgan fingerprint density at radius 3 is 2.54 bits per heavy atom. The molecule has 0 aliphatic carbocycles. The van der Waals surface area contributed by atoms with Crippen LogP contribution in [-0.2, 0) is 50.2 Å². The van der Waals surface area contributed by atoms with Crippen LogP contribution < -0.4 is 4.74 Å². The zero-order valence-electron chi connectivity index (χ0n) is 7.31. The van der Waals surface area contributed by atoms with Gasteiger partial charge in [-0.2, -0.15) is 0 Å². The third-order valence-corrected chi connectivity index (χ3v) is 1.60. The number of allylic oxidation sites excluding steroid dienone is 1. The van der Waals surface area contributed by atoms with Crippen molar-refractivity contribution in [1.82, 2.24) is 0 Å². The summed E-state index contributed by atoms with van der Waals surface area (Å²) in [6.45, 7) is 0.